The highest BCUT2D eigenvalue weighted by molar-refractivity contribution is 6.16. The summed E-state index contributed by atoms with van der Waals surface area (Å²) >= 11 is 0. The summed E-state index contributed by atoms with van der Waals surface area (Å²) in [4.78, 5) is 12.7. The molecule has 3 aromatic carbocycles. The van der Waals surface area contributed by atoms with Crippen molar-refractivity contribution in [1.82, 2.24) is 0 Å². The molecule has 0 spiro atoms. The van der Waals surface area contributed by atoms with E-state index in [-0.39, 0.29) is 5.78 Å². The van der Waals surface area contributed by atoms with Crippen LogP contribution in [0, 0.1) is 0 Å². The zero-order chi connectivity index (χ0) is 14.7. The Morgan fingerprint density at radius 2 is 1.76 bits per heavy atom. The first-order chi connectivity index (χ1) is 10.3. The predicted molar refractivity (Wildman–Crippen MR) is 85.0 cm³/mol. The van der Waals surface area contributed by atoms with Crippen molar-refractivity contribution in [2.24, 2.45) is 0 Å². The lowest BCUT2D eigenvalue weighted by molar-refractivity contribution is 0.104. The van der Waals surface area contributed by atoms with Crippen LogP contribution in [0.2, 0.25) is 0 Å². The van der Waals surface area contributed by atoms with Crippen molar-refractivity contribution >= 4 is 16.6 Å². The molecule has 0 bridgehead atoms. The molecule has 3 aromatic rings. The van der Waals surface area contributed by atoms with E-state index in [1.165, 1.54) is 0 Å². The molecule has 0 saturated carbocycles. The van der Waals surface area contributed by atoms with Crippen molar-refractivity contribution in [1.29, 1.82) is 0 Å². The van der Waals surface area contributed by atoms with Crippen LogP contribution >= 0.6 is 0 Å². The van der Waals surface area contributed by atoms with Gasteiger partial charge in [0.05, 0.1) is 6.61 Å². The summed E-state index contributed by atoms with van der Waals surface area (Å²) in [6, 6.07) is 21.0. The maximum absolute atomic E-state index is 12.7. The van der Waals surface area contributed by atoms with E-state index in [0.29, 0.717) is 17.7 Å². The molecule has 0 N–H and O–H groups in total. The van der Waals surface area contributed by atoms with Gasteiger partial charge < -0.3 is 4.74 Å². The van der Waals surface area contributed by atoms with Gasteiger partial charge in [0, 0.05) is 11.1 Å². The molecule has 0 aliphatic rings. The molecule has 0 aromatic heterocycles. The molecule has 0 unspecified atom stereocenters. The van der Waals surface area contributed by atoms with E-state index in [0.717, 1.165) is 16.5 Å². The lowest BCUT2D eigenvalue weighted by Gasteiger charge is -2.09. The average molecular weight is 276 g/mol. The Balaban J connectivity index is 2.13. The fourth-order valence-electron chi connectivity index (χ4n) is 2.45. The van der Waals surface area contributed by atoms with Gasteiger partial charge in [0.15, 0.2) is 5.78 Å². The molecular formula is C19H16O2. The predicted octanol–water partition coefficient (Wildman–Crippen LogP) is 4.47. The van der Waals surface area contributed by atoms with Gasteiger partial charge in [-0.1, -0.05) is 54.6 Å². The maximum atomic E-state index is 12.7. The molecule has 0 heterocycles. The normalized spacial score (nSPS) is 10.5. The second kappa shape index (κ2) is 5.80. The standard InChI is InChI=1S/C19H16O2/c1-2-21-16-12-11-14-9-6-10-17(18(14)13-16)19(20)15-7-4-3-5-8-15/h3-13H,2H2,1H3. The Labute approximate surface area is 124 Å². The van der Waals surface area contributed by atoms with E-state index in [4.69, 9.17) is 4.74 Å². The number of benzene rings is 3. The minimum absolute atomic E-state index is 0.0369. The third-order valence-electron chi connectivity index (χ3n) is 3.45. The van der Waals surface area contributed by atoms with Crippen LogP contribution in [0.4, 0.5) is 0 Å². The van der Waals surface area contributed by atoms with Gasteiger partial charge >= 0.3 is 0 Å². The lowest BCUT2D eigenvalue weighted by atomic mass is 9.97. The molecule has 0 fully saturated rings. The molecule has 0 aliphatic heterocycles. The number of rotatable bonds is 4. The Morgan fingerprint density at radius 1 is 0.952 bits per heavy atom. The van der Waals surface area contributed by atoms with Crippen LogP contribution in [0.3, 0.4) is 0 Å². The summed E-state index contributed by atoms with van der Waals surface area (Å²) in [6.45, 7) is 2.56. The smallest absolute Gasteiger partial charge is 0.193 e. The second-order valence-electron chi connectivity index (χ2n) is 4.82. The van der Waals surface area contributed by atoms with Gasteiger partial charge in [-0.3, -0.25) is 4.79 Å². The van der Waals surface area contributed by atoms with E-state index in [9.17, 15) is 4.79 Å². The van der Waals surface area contributed by atoms with Gasteiger partial charge in [0.25, 0.3) is 0 Å². The fourth-order valence-corrected chi connectivity index (χ4v) is 2.45. The summed E-state index contributed by atoms with van der Waals surface area (Å²) in [6.07, 6.45) is 0. The number of ether oxygens (including phenoxy) is 1. The molecule has 0 atom stereocenters. The molecule has 0 radical (unpaired) electrons. The van der Waals surface area contributed by atoms with Gasteiger partial charge in [0.1, 0.15) is 5.75 Å². The number of ketones is 1. The Hall–Kier alpha value is -2.61. The number of fused-ring (bicyclic) bond motifs is 1. The number of carbonyl (C=O) groups excluding carboxylic acids is 1. The molecule has 2 nitrogen and oxygen atoms in total. The van der Waals surface area contributed by atoms with Crippen LogP contribution in [0.1, 0.15) is 22.8 Å². The first-order valence-corrected chi connectivity index (χ1v) is 7.05. The minimum atomic E-state index is 0.0369. The van der Waals surface area contributed by atoms with Crippen molar-refractivity contribution in [3.05, 3.63) is 77.9 Å². The number of hydrogen-bond donors (Lipinski definition) is 0. The first kappa shape index (κ1) is 13.4. The molecule has 104 valence electrons. The lowest BCUT2D eigenvalue weighted by Crippen LogP contribution is -2.02. The summed E-state index contributed by atoms with van der Waals surface area (Å²) in [5.41, 5.74) is 1.41. The van der Waals surface area contributed by atoms with Gasteiger partial charge in [-0.25, -0.2) is 0 Å². The van der Waals surface area contributed by atoms with Crippen molar-refractivity contribution < 1.29 is 9.53 Å². The van der Waals surface area contributed by atoms with Crippen molar-refractivity contribution in [3.8, 4) is 5.75 Å². The Morgan fingerprint density at radius 3 is 2.52 bits per heavy atom. The van der Waals surface area contributed by atoms with E-state index in [1.807, 2.05) is 73.7 Å². The summed E-state index contributed by atoms with van der Waals surface area (Å²) in [5.74, 6) is 0.827. The van der Waals surface area contributed by atoms with Crippen molar-refractivity contribution in [2.45, 2.75) is 6.92 Å². The highest BCUT2D eigenvalue weighted by atomic mass is 16.5. The van der Waals surface area contributed by atoms with Gasteiger partial charge in [-0.05, 0) is 29.8 Å². The fraction of sp³-hybridized carbons (Fsp3) is 0.105. The van der Waals surface area contributed by atoms with E-state index >= 15 is 0 Å². The van der Waals surface area contributed by atoms with Crippen LogP contribution in [0.25, 0.3) is 10.8 Å². The summed E-state index contributed by atoms with van der Waals surface area (Å²) in [5, 5.41) is 1.97. The molecular weight excluding hydrogens is 260 g/mol. The highest BCUT2D eigenvalue weighted by Crippen LogP contribution is 2.26. The zero-order valence-electron chi connectivity index (χ0n) is 11.9. The number of hydrogen-bond acceptors (Lipinski definition) is 2. The molecule has 0 saturated heterocycles. The molecule has 2 heteroatoms. The topological polar surface area (TPSA) is 26.3 Å². The van der Waals surface area contributed by atoms with E-state index in [2.05, 4.69) is 0 Å². The highest BCUT2D eigenvalue weighted by Gasteiger charge is 2.12. The summed E-state index contributed by atoms with van der Waals surface area (Å²) in [7, 11) is 0. The quantitative estimate of drug-likeness (QED) is 0.657. The van der Waals surface area contributed by atoms with Gasteiger partial charge in [0.2, 0.25) is 0 Å². The molecule has 21 heavy (non-hydrogen) atoms. The van der Waals surface area contributed by atoms with Crippen LogP contribution in [0.5, 0.6) is 5.75 Å². The second-order valence-corrected chi connectivity index (χ2v) is 4.82. The minimum Gasteiger partial charge on any atom is -0.494 e. The Bertz CT molecular complexity index is 776. The molecule has 0 aliphatic carbocycles. The van der Waals surface area contributed by atoms with Crippen LogP contribution in [-0.4, -0.2) is 12.4 Å². The maximum Gasteiger partial charge on any atom is 0.193 e. The first-order valence-electron chi connectivity index (χ1n) is 7.05. The van der Waals surface area contributed by atoms with Crippen LogP contribution in [0.15, 0.2) is 66.7 Å². The largest absolute Gasteiger partial charge is 0.494 e. The van der Waals surface area contributed by atoms with Crippen LogP contribution < -0.4 is 4.74 Å². The Kier molecular flexibility index (Phi) is 3.69. The van der Waals surface area contributed by atoms with Crippen molar-refractivity contribution in [2.75, 3.05) is 6.61 Å². The number of carbonyl (C=O) groups is 1. The third-order valence-corrected chi connectivity index (χ3v) is 3.45. The monoisotopic (exact) mass is 276 g/mol. The van der Waals surface area contributed by atoms with Crippen molar-refractivity contribution in [3.63, 3.8) is 0 Å². The SMILES string of the molecule is CCOc1ccc2cccc(C(=O)c3ccccc3)c2c1. The zero-order valence-corrected chi connectivity index (χ0v) is 11.9. The van der Waals surface area contributed by atoms with E-state index < -0.39 is 0 Å². The average Bonchev–Trinajstić information content (AvgIpc) is 2.55. The van der Waals surface area contributed by atoms with Crippen LogP contribution in [-0.2, 0) is 0 Å². The summed E-state index contributed by atoms with van der Waals surface area (Å²) < 4.78 is 5.54. The third kappa shape index (κ3) is 2.65. The van der Waals surface area contributed by atoms with Gasteiger partial charge in [-0.2, -0.15) is 0 Å². The van der Waals surface area contributed by atoms with Gasteiger partial charge in [-0.15, -0.1) is 0 Å². The molecule has 3 rings (SSSR count). The molecule has 0 amide bonds. The van der Waals surface area contributed by atoms with E-state index in [1.54, 1.807) is 0 Å².